The fourth-order valence-electron chi connectivity index (χ4n) is 5.32. The van der Waals surface area contributed by atoms with E-state index < -0.39 is 12.1 Å². The van der Waals surface area contributed by atoms with E-state index in [0.717, 1.165) is 21.9 Å². The molecule has 1 heterocycles. The summed E-state index contributed by atoms with van der Waals surface area (Å²) >= 11 is 0. The van der Waals surface area contributed by atoms with Crippen molar-refractivity contribution in [2.45, 2.75) is 12.1 Å². The molecule has 4 heteroatoms. The van der Waals surface area contributed by atoms with Crippen LogP contribution in [0.1, 0.15) is 44.7 Å². The summed E-state index contributed by atoms with van der Waals surface area (Å²) in [6.45, 7) is 0. The predicted molar refractivity (Wildman–Crippen MR) is 136 cm³/mol. The molecular formula is C31H23NO3. The molecule has 0 spiro atoms. The number of hydrogen-bond acceptors (Lipinski definition) is 3. The van der Waals surface area contributed by atoms with Crippen LogP contribution in [-0.2, 0) is 0 Å². The molecule has 0 bridgehead atoms. The standard InChI is InChI=1S/C31H23NO3/c33-24-18-16-20-17-19-25(34)28-26(20)27(24)29(21-10-4-1-5-11-21)32(30(28)22-12-6-2-7-13-22)31(35)23-14-8-3-9-15-23/h1-19,29-30,33-34H. The fraction of sp³-hybridized carbons (Fsp3) is 0.0645. The number of amides is 1. The summed E-state index contributed by atoms with van der Waals surface area (Å²) in [5.74, 6) is 0.00441. The molecular weight excluding hydrogens is 434 g/mol. The Balaban J connectivity index is 1.75. The van der Waals surface area contributed by atoms with E-state index in [9.17, 15) is 15.0 Å². The van der Waals surface area contributed by atoms with Gasteiger partial charge >= 0.3 is 0 Å². The van der Waals surface area contributed by atoms with Gasteiger partial charge in [-0.2, -0.15) is 0 Å². The third-order valence-corrected chi connectivity index (χ3v) is 6.81. The van der Waals surface area contributed by atoms with Crippen molar-refractivity contribution < 1.29 is 15.0 Å². The average Bonchev–Trinajstić information content (AvgIpc) is 2.92. The minimum Gasteiger partial charge on any atom is -0.508 e. The van der Waals surface area contributed by atoms with Crippen LogP contribution in [0, 0.1) is 0 Å². The van der Waals surface area contributed by atoms with Gasteiger partial charge in [0, 0.05) is 22.1 Å². The van der Waals surface area contributed by atoms with Crippen LogP contribution < -0.4 is 0 Å². The number of nitrogens with zero attached hydrogens (tertiary/aromatic N) is 1. The lowest BCUT2D eigenvalue weighted by Gasteiger charge is -2.44. The highest BCUT2D eigenvalue weighted by molar-refractivity contribution is 6.00. The van der Waals surface area contributed by atoms with Gasteiger partial charge in [0.15, 0.2) is 0 Å². The Morgan fingerprint density at radius 1 is 0.571 bits per heavy atom. The summed E-state index contributed by atoms with van der Waals surface area (Å²) < 4.78 is 0. The summed E-state index contributed by atoms with van der Waals surface area (Å²) in [7, 11) is 0. The molecule has 0 radical (unpaired) electrons. The second-order valence-corrected chi connectivity index (χ2v) is 8.80. The minimum absolute atomic E-state index is 0.0931. The zero-order valence-corrected chi connectivity index (χ0v) is 18.9. The first-order chi connectivity index (χ1) is 17.1. The van der Waals surface area contributed by atoms with Gasteiger partial charge in [0.2, 0.25) is 0 Å². The zero-order chi connectivity index (χ0) is 23.9. The fourth-order valence-corrected chi connectivity index (χ4v) is 5.32. The molecule has 5 aromatic rings. The maximum Gasteiger partial charge on any atom is 0.255 e. The highest BCUT2D eigenvalue weighted by Crippen LogP contribution is 2.53. The van der Waals surface area contributed by atoms with Crippen molar-refractivity contribution in [3.63, 3.8) is 0 Å². The van der Waals surface area contributed by atoms with E-state index in [2.05, 4.69) is 0 Å². The highest BCUT2D eigenvalue weighted by Gasteiger charge is 2.43. The van der Waals surface area contributed by atoms with Gasteiger partial charge in [-0.1, -0.05) is 91.0 Å². The summed E-state index contributed by atoms with van der Waals surface area (Å²) in [6, 6.07) is 34.6. The first kappa shape index (κ1) is 21.0. The van der Waals surface area contributed by atoms with Crippen molar-refractivity contribution in [2.24, 2.45) is 0 Å². The van der Waals surface area contributed by atoms with Crippen LogP contribution in [0.3, 0.4) is 0 Å². The molecule has 0 aliphatic carbocycles. The van der Waals surface area contributed by atoms with E-state index in [1.165, 1.54) is 0 Å². The molecule has 170 valence electrons. The Hall–Kier alpha value is -4.57. The highest BCUT2D eigenvalue weighted by atomic mass is 16.3. The number of phenols is 2. The van der Waals surface area contributed by atoms with Crippen LogP contribution in [0.2, 0.25) is 0 Å². The third-order valence-electron chi connectivity index (χ3n) is 6.81. The molecule has 4 nitrogen and oxygen atoms in total. The van der Waals surface area contributed by atoms with Gasteiger partial charge in [-0.15, -0.1) is 0 Å². The molecule has 1 aliphatic rings. The number of carbonyl (C=O) groups excluding carboxylic acids is 1. The Labute approximate surface area is 203 Å². The van der Waals surface area contributed by atoms with E-state index in [0.29, 0.717) is 16.7 Å². The lowest BCUT2D eigenvalue weighted by molar-refractivity contribution is 0.0634. The lowest BCUT2D eigenvalue weighted by Crippen LogP contribution is -2.42. The normalized spacial score (nSPS) is 16.9. The monoisotopic (exact) mass is 457 g/mol. The molecule has 0 fully saturated rings. The first-order valence-corrected chi connectivity index (χ1v) is 11.6. The molecule has 2 N–H and O–H groups in total. The van der Waals surface area contributed by atoms with Crippen molar-refractivity contribution in [3.05, 3.63) is 143 Å². The van der Waals surface area contributed by atoms with E-state index in [1.54, 1.807) is 29.2 Å². The molecule has 5 aromatic carbocycles. The second kappa shape index (κ2) is 8.33. The first-order valence-electron chi connectivity index (χ1n) is 11.6. The van der Waals surface area contributed by atoms with Crippen LogP contribution in [0.5, 0.6) is 11.5 Å². The molecule has 0 aromatic heterocycles. The van der Waals surface area contributed by atoms with Crippen molar-refractivity contribution >= 4 is 16.7 Å². The largest absolute Gasteiger partial charge is 0.508 e. The van der Waals surface area contributed by atoms with Crippen molar-refractivity contribution in [1.29, 1.82) is 0 Å². The molecule has 6 rings (SSSR count). The molecule has 2 atom stereocenters. The summed E-state index contributed by atoms with van der Waals surface area (Å²) in [6.07, 6.45) is 0. The van der Waals surface area contributed by atoms with Crippen molar-refractivity contribution in [3.8, 4) is 11.5 Å². The smallest absolute Gasteiger partial charge is 0.255 e. The molecule has 35 heavy (non-hydrogen) atoms. The third kappa shape index (κ3) is 3.34. The predicted octanol–water partition coefficient (Wildman–Crippen LogP) is 6.59. The summed E-state index contributed by atoms with van der Waals surface area (Å²) in [5, 5.41) is 24.1. The quantitative estimate of drug-likeness (QED) is 0.321. The Bertz CT molecular complexity index is 1440. The molecule has 2 unspecified atom stereocenters. The number of hydrogen-bond donors (Lipinski definition) is 2. The SMILES string of the molecule is O=C(c1ccccc1)N1C(c2ccccc2)c2c(O)ccc3ccc(O)c(c23)C1c1ccccc1. The molecule has 0 saturated carbocycles. The zero-order valence-electron chi connectivity index (χ0n) is 18.9. The van der Waals surface area contributed by atoms with Gasteiger partial charge in [-0.3, -0.25) is 4.79 Å². The van der Waals surface area contributed by atoms with Gasteiger partial charge in [-0.05, 0) is 40.8 Å². The number of phenolic OH excluding ortho intramolecular Hbond substituents is 2. The van der Waals surface area contributed by atoms with Crippen LogP contribution >= 0.6 is 0 Å². The van der Waals surface area contributed by atoms with Crippen LogP contribution in [-0.4, -0.2) is 21.0 Å². The number of aromatic hydroxyl groups is 2. The molecule has 0 saturated heterocycles. The van der Waals surface area contributed by atoms with Gasteiger partial charge < -0.3 is 15.1 Å². The van der Waals surface area contributed by atoms with Crippen molar-refractivity contribution in [1.82, 2.24) is 4.90 Å². The van der Waals surface area contributed by atoms with Gasteiger partial charge in [-0.25, -0.2) is 0 Å². The average molecular weight is 458 g/mol. The van der Waals surface area contributed by atoms with Gasteiger partial charge in [0.25, 0.3) is 5.91 Å². The second-order valence-electron chi connectivity index (χ2n) is 8.80. The Morgan fingerprint density at radius 2 is 1.00 bits per heavy atom. The van der Waals surface area contributed by atoms with Crippen LogP contribution in [0.4, 0.5) is 0 Å². The van der Waals surface area contributed by atoms with E-state index >= 15 is 0 Å². The number of rotatable bonds is 3. The molecule has 1 amide bonds. The minimum atomic E-state index is -0.563. The number of carbonyl (C=O) groups is 1. The van der Waals surface area contributed by atoms with Crippen LogP contribution in [0.15, 0.2) is 115 Å². The molecule has 1 aliphatic heterocycles. The van der Waals surface area contributed by atoms with Crippen LogP contribution in [0.25, 0.3) is 10.8 Å². The topological polar surface area (TPSA) is 60.8 Å². The lowest BCUT2D eigenvalue weighted by atomic mass is 9.79. The number of benzene rings is 5. The van der Waals surface area contributed by atoms with E-state index in [1.807, 2.05) is 91.0 Å². The van der Waals surface area contributed by atoms with E-state index in [-0.39, 0.29) is 17.4 Å². The van der Waals surface area contributed by atoms with Gasteiger partial charge in [0.05, 0.1) is 12.1 Å². The maximum atomic E-state index is 14.3. The maximum absolute atomic E-state index is 14.3. The van der Waals surface area contributed by atoms with E-state index in [4.69, 9.17) is 0 Å². The van der Waals surface area contributed by atoms with Gasteiger partial charge in [0.1, 0.15) is 11.5 Å². The Morgan fingerprint density at radius 3 is 1.46 bits per heavy atom. The summed E-state index contributed by atoms with van der Waals surface area (Å²) in [4.78, 5) is 16.1. The summed E-state index contributed by atoms with van der Waals surface area (Å²) in [5.41, 5.74) is 3.55. The van der Waals surface area contributed by atoms with Crippen molar-refractivity contribution in [2.75, 3.05) is 0 Å². The Kier molecular flexibility index (Phi) is 5.00.